The molecule has 0 aromatic heterocycles. The lowest BCUT2D eigenvalue weighted by atomic mass is 9.90. The topological polar surface area (TPSA) is 112 Å². The smallest absolute Gasteiger partial charge is 0.359 e. The molecule has 8 nitrogen and oxygen atoms in total. The lowest BCUT2D eigenvalue weighted by molar-refractivity contribution is -0.175. The Balaban J connectivity index is 2.77. The Bertz CT molecular complexity index is 908. The Morgan fingerprint density at radius 3 is 2.10 bits per heavy atom. The minimum atomic E-state index is -2.50. The minimum Gasteiger partial charge on any atom is -0.466 e. The molecule has 29 heavy (non-hydrogen) atoms. The highest BCUT2D eigenvalue weighted by Gasteiger charge is 2.60. The third kappa shape index (κ3) is 4.33. The van der Waals surface area contributed by atoms with E-state index in [9.17, 15) is 19.6 Å². The average molecular weight is 466 g/mol. The van der Waals surface area contributed by atoms with Crippen LogP contribution in [0.1, 0.15) is 32.4 Å². The lowest BCUT2D eigenvalue weighted by Crippen LogP contribution is -2.46. The number of methoxy groups -OCH3 is 2. The van der Waals surface area contributed by atoms with Crippen LogP contribution in [-0.2, 0) is 33.3 Å². The Labute approximate surface area is 176 Å². The number of hydrogen-bond acceptors (Lipinski definition) is 8. The molecular formula is C20H20BrNO7. The van der Waals surface area contributed by atoms with Gasteiger partial charge in [0.25, 0.3) is 5.60 Å². The number of hydrogen-bond donors (Lipinski definition) is 0. The molecule has 0 saturated heterocycles. The average Bonchev–Trinajstić information content (AvgIpc) is 3.02. The Morgan fingerprint density at radius 1 is 1.10 bits per heavy atom. The van der Waals surface area contributed by atoms with E-state index in [2.05, 4.69) is 15.9 Å². The summed E-state index contributed by atoms with van der Waals surface area (Å²) >= 11 is 3.31. The SMILES string of the molecule is COC(=O)C1=C(C(=O)OC)[C@@](C#N)(C(=O)OC(C)(C)C)O[C@H]1c1ccc(Br)cc1. The molecule has 0 radical (unpaired) electrons. The van der Waals surface area contributed by atoms with Crippen LogP contribution < -0.4 is 0 Å². The zero-order valence-corrected chi connectivity index (χ0v) is 18.2. The number of benzene rings is 1. The van der Waals surface area contributed by atoms with E-state index in [1.165, 1.54) is 0 Å². The molecule has 0 saturated carbocycles. The molecule has 0 spiro atoms. The third-order valence-electron chi connectivity index (χ3n) is 3.99. The molecule has 0 aliphatic carbocycles. The molecule has 1 aromatic carbocycles. The van der Waals surface area contributed by atoms with E-state index in [-0.39, 0.29) is 5.57 Å². The third-order valence-corrected chi connectivity index (χ3v) is 4.52. The van der Waals surface area contributed by atoms with Crippen LogP contribution in [0.5, 0.6) is 0 Å². The monoisotopic (exact) mass is 465 g/mol. The van der Waals surface area contributed by atoms with E-state index in [4.69, 9.17) is 18.9 Å². The van der Waals surface area contributed by atoms with E-state index in [1.807, 2.05) is 0 Å². The predicted octanol–water partition coefficient (Wildman–Crippen LogP) is 2.77. The van der Waals surface area contributed by atoms with Crippen LogP contribution in [0.2, 0.25) is 0 Å². The largest absolute Gasteiger partial charge is 0.466 e. The van der Waals surface area contributed by atoms with Crippen LogP contribution >= 0.6 is 15.9 Å². The van der Waals surface area contributed by atoms with Crippen molar-refractivity contribution in [2.45, 2.75) is 38.1 Å². The highest BCUT2D eigenvalue weighted by Crippen LogP contribution is 2.46. The van der Waals surface area contributed by atoms with Gasteiger partial charge in [-0.3, -0.25) is 0 Å². The van der Waals surface area contributed by atoms with Crippen LogP contribution in [0, 0.1) is 11.3 Å². The quantitative estimate of drug-likeness (QED) is 0.492. The van der Waals surface area contributed by atoms with E-state index in [1.54, 1.807) is 51.1 Å². The summed E-state index contributed by atoms with van der Waals surface area (Å²) in [6.45, 7) is 4.79. The summed E-state index contributed by atoms with van der Waals surface area (Å²) in [5, 5.41) is 9.90. The van der Waals surface area contributed by atoms with Crippen molar-refractivity contribution < 1.29 is 33.3 Å². The first-order valence-electron chi connectivity index (χ1n) is 8.50. The first-order valence-corrected chi connectivity index (χ1v) is 9.29. The molecule has 0 bridgehead atoms. The fourth-order valence-electron chi connectivity index (χ4n) is 2.79. The number of nitrogens with zero attached hydrogens (tertiary/aromatic N) is 1. The van der Waals surface area contributed by atoms with Crippen molar-refractivity contribution in [3.8, 4) is 6.07 Å². The second-order valence-corrected chi connectivity index (χ2v) is 8.03. The van der Waals surface area contributed by atoms with Crippen molar-refractivity contribution in [3.63, 3.8) is 0 Å². The molecule has 1 aromatic rings. The van der Waals surface area contributed by atoms with Crippen LogP contribution in [-0.4, -0.2) is 43.3 Å². The summed E-state index contributed by atoms with van der Waals surface area (Å²) in [6.07, 6.45) is -1.23. The summed E-state index contributed by atoms with van der Waals surface area (Å²) in [7, 11) is 2.18. The van der Waals surface area contributed by atoms with Gasteiger partial charge in [-0.2, -0.15) is 5.26 Å². The molecule has 0 fully saturated rings. The molecule has 1 heterocycles. The summed E-state index contributed by atoms with van der Waals surface area (Å²) < 4.78 is 21.4. The summed E-state index contributed by atoms with van der Waals surface area (Å²) in [4.78, 5) is 38.1. The summed E-state index contributed by atoms with van der Waals surface area (Å²) in [6, 6.07) is 8.32. The molecule has 2 rings (SSSR count). The molecule has 154 valence electrons. The zero-order chi connectivity index (χ0) is 22.0. The van der Waals surface area contributed by atoms with Gasteiger partial charge in [0.1, 0.15) is 23.3 Å². The van der Waals surface area contributed by atoms with Gasteiger partial charge in [0.05, 0.1) is 19.8 Å². The van der Waals surface area contributed by atoms with Crippen molar-refractivity contribution in [1.29, 1.82) is 5.26 Å². The van der Waals surface area contributed by atoms with Gasteiger partial charge in [0.15, 0.2) is 0 Å². The second-order valence-electron chi connectivity index (χ2n) is 7.12. The van der Waals surface area contributed by atoms with Crippen LogP contribution in [0.3, 0.4) is 0 Å². The van der Waals surface area contributed by atoms with Gasteiger partial charge in [0.2, 0.25) is 0 Å². The number of rotatable bonds is 4. The van der Waals surface area contributed by atoms with Gasteiger partial charge in [-0.05, 0) is 38.5 Å². The Morgan fingerprint density at radius 2 is 1.66 bits per heavy atom. The lowest BCUT2D eigenvalue weighted by Gasteiger charge is -2.27. The van der Waals surface area contributed by atoms with Crippen LogP contribution in [0.25, 0.3) is 0 Å². The van der Waals surface area contributed by atoms with Crippen LogP contribution in [0.4, 0.5) is 0 Å². The van der Waals surface area contributed by atoms with Crippen molar-refractivity contribution in [1.82, 2.24) is 0 Å². The van der Waals surface area contributed by atoms with Crippen molar-refractivity contribution in [2.75, 3.05) is 14.2 Å². The van der Waals surface area contributed by atoms with Gasteiger partial charge in [-0.15, -0.1) is 0 Å². The van der Waals surface area contributed by atoms with E-state index in [0.29, 0.717) is 5.56 Å². The van der Waals surface area contributed by atoms with E-state index >= 15 is 0 Å². The number of carbonyl (C=O) groups is 3. The summed E-state index contributed by atoms with van der Waals surface area (Å²) in [5.41, 5.74) is -3.91. The Hall–Kier alpha value is -2.70. The van der Waals surface area contributed by atoms with Gasteiger partial charge in [-0.1, -0.05) is 28.1 Å². The first-order chi connectivity index (χ1) is 13.5. The van der Waals surface area contributed by atoms with Gasteiger partial charge in [0, 0.05) is 4.47 Å². The van der Waals surface area contributed by atoms with Crippen LogP contribution in [0.15, 0.2) is 39.9 Å². The highest BCUT2D eigenvalue weighted by atomic mass is 79.9. The predicted molar refractivity (Wildman–Crippen MR) is 103 cm³/mol. The van der Waals surface area contributed by atoms with Gasteiger partial charge < -0.3 is 18.9 Å². The van der Waals surface area contributed by atoms with Crippen molar-refractivity contribution in [3.05, 3.63) is 45.4 Å². The maximum Gasteiger partial charge on any atom is 0.359 e. The molecule has 1 aliphatic rings. The number of esters is 3. The van der Waals surface area contributed by atoms with Gasteiger partial charge in [-0.25, -0.2) is 14.4 Å². The molecular weight excluding hydrogens is 446 g/mol. The molecule has 0 amide bonds. The highest BCUT2D eigenvalue weighted by molar-refractivity contribution is 9.10. The second kappa shape index (κ2) is 8.35. The normalized spacial score (nSPS) is 21.3. The molecule has 0 N–H and O–H groups in total. The first kappa shape index (κ1) is 22.6. The maximum atomic E-state index is 13.0. The van der Waals surface area contributed by atoms with E-state index in [0.717, 1.165) is 18.7 Å². The molecule has 1 aliphatic heterocycles. The molecule has 2 atom stereocenters. The maximum absolute atomic E-state index is 13.0. The van der Waals surface area contributed by atoms with Crippen molar-refractivity contribution >= 4 is 33.8 Å². The minimum absolute atomic E-state index is 0.297. The van der Waals surface area contributed by atoms with Gasteiger partial charge >= 0.3 is 17.9 Å². The number of carbonyl (C=O) groups excluding carboxylic acids is 3. The fraction of sp³-hybridized carbons (Fsp3) is 0.400. The Kier molecular flexibility index (Phi) is 6.50. The molecule has 9 heteroatoms. The standard InChI is InChI=1S/C20H20BrNO7/c1-19(2,3)29-18(25)20(10-22)14(17(24)27-5)13(16(23)26-4)15(28-20)11-6-8-12(21)9-7-11/h6-9,15H,1-5H3/t15-,20-/m0/s1. The number of ether oxygens (including phenoxy) is 4. The number of nitriles is 1. The number of halogens is 1. The zero-order valence-electron chi connectivity index (χ0n) is 16.6. The molecule has 0 unspecified atom stereocenters. The van der Waals surface area contributed by atoms with E-state index < -0.39 is 40.8 Å². The van der Waals surface area contributed by atoms with Crippen molar-refractivity contribution in [2.24, 2.45) is 0 Å². The fourth-order valence-corrected chi connectivity index (χ4v) is 3.05. The summed E-state index contributed by atoms with van der Waals surface area (Å²) in [5.74, 6) is -3.13.